The van der Waals surface area contributed by atoms with E-state index in [0.29, 0.717) is 32.1 Å². The van der Waals surface area contributed by atoms with Gasteiger partial charge in [-0.15, -0.1) is 6.58 Å². The van der Waals surface area contributed by atoms with E-state index in [1.807, 2.05) is 19.2 Å². The summed E-state index contributed by atoms with van der Waals surface area (Å²) in [6.45, 7) is 5.74. The molecule has 1 aromatic carbocycles. The van der Waals surface area contributed by atoms with Gasteiger partial charge in [-0.25, -0.2) is 4.39 Å². The van der Waals surface area contributed by atoms with Crippen molar-refractivity contribution >= 4 is 5.78 Å². The van der Waals surface area contributed by atoms with Crippen LogP contribution in [0, 0.1) is 0 Å². The number of aliphatic hydroxyl groups is 1. The first-order valence-electron chi connectivity index (χ1n) is 12.5. The number of Topliss-reactive ketones (excluding diaryl/α,β-unsaturated/α-hetero) is 1. The van der Waals surface area contributed by atoms with Crippen LogP contribution in [0.15, 0.2) is 55.3 Å². The Hall–Kier alpha value is -2.33. The molecule has 0 spiro atoms. The molecule has 3 rings (SSSR count). The van der Waals surface area contributed by atoms with Crippen molar-refractivity contribution in [3.8, 4) is 11.3 Å². The SMILES string of the molecule is C=CCCCCc1ccc(-c2ccc(C3CCC(O)(C(=O)C(F)CCCC)CC3)cc2)nc1. The third-order valence-electron chi connectivity index (χ3n) is 6.99. The average Bonchev–Trinajstić information content (AvgIpc) is 2.85. The number of alkyl halides is 1. The molecule has 0 bridgehead atoms. The summed E-state index contributed by atoms with van der Waals surface area (Å²) in [7, 11) is 0. The number of ketones is 1. The van der Waals surface area contributed by atoms with Gasteiger partial charge in [0.25, 0.3) is 0 Å². The molecule has 4 heteroatoms. The lowest BCUT2D eigenvalue weighted by Crippen LogP contribution is -2.46. The van der Waals surface area contributed by atoms with E-state index in [1.165, 1.54) is 11.1 Å². The lowest BCUT2D eigenvalue weighted by Gasteiger charge is -2.35. The Bertz CT molecular complexity index is 883. The van der Waals surface area contributed by atoms with Crippen molar-refractivity contribution < 1.29 is 14.3 Å². The molecule has 1 atom stereocenters. The Morgan fingerprint density at radius 2 is 1.91 bits per heavy atom. The molecule has 0 amide bonds. The lowest BCUT2D eigenvalue weighted by atomic mass is 9.73. The molecule has 0 aliphatic heterocycles. The molecule has 33 heavy (non-hydrogen) atoms. The minimum absolute atomic E-state index is 0.215. The van der Waals surface area contributed by atoms with Crippen LogP contribution in [0.25, 0.3) is 11.3 Å². The second kappa shape index (κ2) is 12.2. The molecule has 1 heterocycles. The predicted octanol–water partition coefficient (Wildman–Crippen LogP) is 7.13. The summed E-state index contributed by atoms with van der Waals surface area (Å²) in [5.74, 6) is -0.327. The van der Waals surface area contributed by atoms with Crippen molar-refractivity contribution in [2.75, 3.05) is 0 Å². The molecule has 1 saturated carbocycles. The number of unbranched alkanes of at least 4 members (excludes halogenated alkanes) is 3. The Morgan fingerprint density at radius 3 is 2.52 bits per heavy atom. The number of halogens is 1. The normalized spacial score (nSPS) is 21.5. The van der Waals surface area contributed by atoms with Gasteiger partial charge >= 0.3 is 0 Å². The fraction of sp³-hybridized carbons (Fsp3) is 0.517. The number of aryl methyl sites for hydroxylation is 1. The molecular weight excluding hydrogens is 413 g/mol. The number of benzene rings is 1. The fourth-order valence-electron chi connectivity index (χ4n) is 4.77. The molecule has 1 fully saturated rings. The topological polar surface area (TPSA) is 50.2 Å². The molecular formula is C29H38FNO2. The van der Waals surface area contributed by atoms with Crippen LogP contribution in [0.5, 0.6) is 0 Å². The first-order chi connectivity index (χ1) is 16.0. The van der Waals surface area contributed by atoms with Crippen LogP contribution in [0.2, 0.25) is 0 Å². The van der Waals surface area contributed by atoms with Gasteiger partial charge in [0.15, 0.2) is 12.0 Å². The number of hydrogen-bond acceptors (Lipinski definition) is 3. The van der Waals surface area contributed by atoms with Gasteiger partial charge in [-0.1, -0.05) is 56.2 Å². The highest BCUT2D eigenvalue weighted by Crippen LogP contribution is 2.40. The van der Waals surface area contributed by atoms with E-state index in [4.69, 9.17) is 0 Å². The zero-order chi connectivity index (χ0) is 23.7. The number of hydrogen-bond donors (Lipinski definition) is 1. The standard InChI is InChI=1S/C29H38FNO2/c1-3-5-7-8-9-22-11-16-27(31-21-22)25-14-12-23(13-15-25)24-17-19-29(33,20-18-24)28(32)26(30)10-6-4-2/h3,11-16,21,24,26,33H,1,4-10,17-20H2,2H3. The zero-order valence-corrected chi connectivity index (χ0v) is 19.9. The van der Waals surface area contributed by atoms with Crippen molar-refractivity contribution in [3.63, 3.8) is 0 Å². The summed E-state index contributed by atoms with van der Waals surface area (Å²) in [6.07, 6.45) is 10.6. The summed E-state index contributed by atoms with van der Waals surface area (Å²) >= 11 is 0. The molecule has 0 saturated heterocycles. The third-order valence-corrected chi connectivity index (χ3v) is 6.99. The molecule has 1 aliphatic carbocycles. The maximum Gasteiger partial charge on any atom is 0.198 e. The average molecular weight is 452 g/mol. The van der Waals surface area contributed by atoms with E-state index in [2.05, 4.69) is 48.0 Å². The second-order valence-corrected chi connectivity index (χ2v) is 9.49. The number of carbonyl (C=O) groups excluding carboxylic acids is 1. The highest BCUT2D eigenvalue weighted by atomic mass is 19.1. The van der Waals surface area contributed by atoms with E-state index in [-0.39, 0.29) is 12.3 Å². The zero-order valence-electron chi connectivity index (χ0n) is 19.9. The summed E-state index contributed by atoms with van der Waals surface area (Å²) in [4.78, 5) is 17.1. The highest BCUT2D eigenvalue weighted by Gasteiger charge is 2.43. The van der Waals surface area contributed by atoms with Gasteiger partial charge in [-0.3, -0.25) is 9.78 Å². The van der Waals surface area contributed by atoms with Gasteiger partial charge in [0.05, 0.1) is 5.69 Å². The van der Waals surface area contributed by atoms with E-state index < -0.39 is 17.6 Å². The molecule has 1 aromatic heterocycles. The molecule has 178 valence electrons. The molecule has 1 N–H and O–H groups in total. The van der Waals surface area contributed by atoms with E-state index in [0.717, 1.165) is 43.4 Å². The minimum Gasteiger partial charge on any atom is -0.382 e. The lowest BCUT2D eigenvalue weighted by molar-refractivity contribution is -0.146. The van der Waals surface area contributed by atoms with Crippen LogP contribution in [0.4, 0.5) is 4.39 Å². The van der Waals surface area contributed by atoms with Crippen LogP contribution in [0.1, 0.15) is 88.2 Å². The number of nitrogens with zero attached hydrogens (tertiary/aromatic N) is 1. The van der Waals surface area contributed by atoms with Gasteiger partial charge in [0, 0.05) is 11.8 Å². The highest BCUT2D eigenvalue weighted by molar-refractivity contribution is 5.91. The Morgan fingerprint density at radius 1 is 1.18 bits per heavy atom. The fourth-order valence-corrected chi connectivity index (χ4v) is 4.77. The van der Waals surface area contributed by atoms with E-state index >= 15 is 0 Å². The van der Waals surface area contributed by atoms with Crippen molar-refractivity contribution in [1.82, 2.24) is 4.98 Å². The van der Waals surface area contributed by atoms with Crippen molar-refractivity contribution in [2.24, 2.45) is 0 Å². The number of rotatable bonds is 12. The maximum absolute atomic E-state index is 14.2. The van der Waals surface area contributed by atoms with Gasteiger partial charge in [-0.2, -0.15) is 0 Å². The van der Waals surface area contributed by atoms with Gasteiger partial charge < -0.3 is 5.11 Å². The van der Waals surface area contributed by atoms with Crippen LogP contribution >= 0.6 is 0 Å². The summed E-state index contributed by atoms with van der Waals surface area (Å²) < 4.78 is 14.2. The summed E-state index contributed by atoms with van der Waals surface area (Å²) in [6, 6.07) is 12.7. The van der Waals surface area contributed by atoms with Crippen molar-refractivity contribution in [2.45, 2.75) is 95.2 Å². The second-order valence-electron chi connectivity index (χ2n) is 9.49. The first-order valence-corrected chi connectivity index (χ1v) is 12.5. The number of pyridine rings is 1. The van der Waals surface area contributed by atoms with Crippen LogP contribution in [-0.2, 0) is 11.2 Å². The van der Waals surface area contributed by atoms with Crippen LogP contribution in [0.3, 0.4) is 0 Å². The number of carbonyl (C=O) groups is 1. The van der Waals surface area contributed by atoms with Crippen LogP contribution in [-0.4, -0.2) is 27.6 Å². The molecule has 1 aliphatic rings. The Balaban J connectivity index is 1.54. The largest absolute Gasteiger partial charge is 0.382 e. The van der Waals surface area contributed by atoms with Crippen molar-refractivity contribution in [1.29, 1.82) is 0 Å². The molecule has 3 nitrogen and oxygen atoms in total. The summed E-state index contributed by atoms with van der Waals surface area (Å²) in [5, 5.41) is 10.8. The van der Waals surface area contributed by atoms with Gasteiger partial charge in [-0.05, 0) is 80.9 Å². The predicted molar refractivity (Wildman–Crippen MR) is 133 cm³/mol. The van der Waals surface area contributed by atoms with Gasteiger partial charge in [0.1, 0.15) is 5.60 Å². The molecule has 0 radical (unpaired) electrons. The number of allylic oxidation sites excluding steroid dienone is 1. The monoisotopic (exact) mass is 451 g/mol. The van der Waals surface area contributed by atoms with E-state index in [1.54, 1.807) is 0 Å². The first kappa shape index (κ1) is 25.3. The Kier molecular flexibility index (Phi) is 9.37. The number of aromatic nitrogens is 1. The maximum atomic E-state index is 14.2. The quantitative estimate of drug-likeness (QED) is 0.276. The smallest absolute Gasteiger partial charge is 0.198 e. The van der Waals surface area contributed by atoms with Gasteiger partial charge in [0.2, 0.25) is 0 Å². The Labute approximate surface area is 198 Å². The summed E-state index contributed by atoms with van der Waals surface area (Å²) in [5.41, 5.74) is 3.00. The minimum atomic E-state index is -1.54. The molecule has 1 unspecified atom stereocenters. The van der Waals surface area contributed by atoms with Crippen molar-refractivity contribution in [3.05, 3.63) is 66.4 Å². The third kappa shape index (κ3) is 6.83. The molecule has 2 aromatic rings. The van der Waals surface area contributed by atoms with E-state index in [9.17, 15) is 14.3 Å². The van der Waals surface area contributed by atoms with Crippen LogP contribution < -0.4 is 0 Å².